The van der Waals surface area contributed by atoms with E-state index in [-0.39, 0.29) is 0 Å². The highest BCUT2D eigenvalue weighted by molar-refractivity contribution is 9.13. The Hall–Kier alpha value is -0.280. The Morgan fingerprint density at radius 2 is 2.00 bits per heavy atom. The molecule has 1 nitrogen and oxygen atoms in total. The molecule has 1 rings (SSSR count). The normalized spacial score (nSPS) is 9.58. The van der Waals surface area contributed by atoms with E-state index in [1.54, 1.807) is 7.11 Å². The van der Waals surface area contributed by atoms with Gasteiger partial charge in [0.15, 0.2) is 0 Å². The summed E-state index contributed by atoms with van der Waals surface area (Å²) in [4.78, 5) is 0. The maximum absolute atomic E-state index is 5.00. The third-order valence-corrected chi connectivity index (χ3v) is 3.37. The molecular formula is C9H8Br2O. The predicted molar refractivity (Wildman–Crippen MR) is 57.9 cm³/mol. The van der Waals surface area contributed by atoms with Gasteiger partial charge in [-0.25, -0.2) is 0 Å². The van der Waals surface area contributed by atoms with Crippen molar-refractivity contribution in [3.8, 4) is 0 Å². The quantitative estimate of drug-likeness (QED) is 0.753. The highest BCUT2D eigenvalue weighted by Crippen LogP contribution is 2.26. The average molecular weight is 292 g/mol. The molecule has 0 saturated carbocycles. The molecule has 3 heteroatoms. The largest absolute Gasteiger partial charge is 0.497 e. The van der Waals surface area contributed by atoms with Crippen molar-refractivity contribution in [3.05, 3.63) is 39.3 Å². The summed E-state index contributed by atoms with van der Waals surface area (Å²) < 4.78 is 7.02. The van der Waals surface area contributed by atoms with Crippen LogP contribution in [-0.4, -0.2) is 7.11 Å². The molecule has 0 aliphatic carbocycles. The Kier molecular flexibility index (Phi) is 3.35. The summed E-state index contributed by atoms with van der Waals surface area (Å²) in [6.45, 7) is 3.76. The van der Waals surface area contributed by atoms with Crippen LogP contribution in [0.5, 0.6) is 0 Å². The van der Waals surface area contributed by atoms with Gasteiger partial charge >= 0.3 is 0 Å². The summed E-state index contributed by atoms with van der Waals surface area (Å²) in [7, 11) is 1.61. The summed E-state index contributed by atoms with van der Waals surface area (Å²) >= 11 is 6.78. The third-order valence-electron chi connectivity index (χ3n) is 1.49. The van der Waals surface area contributed by atoms with Crippen molar-refractivity contribution < 1.29 is 4.74 Å². The first-order valence-corrected chi connectivity index (χ1v) is 4.92. The topological polar surface area (TPSA) is 9.23 Å². The van der Waals surface area contributed by atoms with Crippen molar-refractivity contribution in [2.45, 2.75) is 0 Å². The number of hydrogen-bond donors (Lipinski definition) is 0. The zero-order valence-corrected chi connectivity index (χ0v) is 9.78. The molecule has 0 aliphatic heterocycles. The molecule has 0 aliphatic rings. The molecule has 1 aromatic rings. The van der Waals surface area contributed by atoms with E-state index in [1.165, 1.54) is 0 Å². The molecule has 0 atom stereocenters. The van der Waals surface area contributed by atoms with Crippen LogP contribution in [0.2, 0.25) is 0 Å². The lowest BCUT2D eigenvalue weighted by Crippen LogP contribution is -1.84. The Morgan fingerprint density at radius 3 is 2.50 bits per heavy atom. The van der Waals surface area contributed by atoms with Crippen LogP contribution in [0.1, 0.15) is 5.56 Å². The highest BCUT2D eigenvalue weighted by atomic mass is 79.9. The lowest BCUT2D eigenvalue weighted by Gasteiger charge is -2.04. The van der Waals surface area contributed by atoms with Gasteiger partial charge in [0, 0.05) is 14.5 Å². The zero-order valence-electron chi connectivity index (χ0n) is 6.60. The van der Waals surface area contributed by atoms with Crippen molar-refractivity contribution in [2.75, 3.05) is 7.11 Å². The fraction of sp³-hybridized carbons (Fsp3) is 0.111. The first-order chi connectivity index (χ1) is 5.65. The minimum atomic E-state index is 0.670. The van der Waals surface area contributed by atoms with Crippen LogP contribution in [0.3, 0.4) is 0 Å². The molecule has 0 fully saturated rings. The number of rotatable bonds is 2. The van der Waals surface area contributed by atoms with E-state index in [2.05, 4.69) is 38.4 Å². The molecule has 0 saturated heterocycles. The summed E-state index contributed by atoms with van der Waals surface area (Å²) in [6.07, 6.45) is 0. The number of hydrogen-bond acceptors (Lipinski definition) is 1. The van der Waals surface area contributed by atoms with Gasteiger partial charge in [0.25, 0.3) is 0 Å². The van der Waals surface area contributed by atoms with E-state index in [0.29, 0.717) is 5.76 Å². The Labute approximate surface area is 88.7 Å². The second-order valence-electron chi connectivity index (χ2n) is 2.26. The van der Waals surface area contributed by atoms with Crippen LogP contribution in [0.25, 0.3) is 5.76 Å². The molecule has 0 N–H and O–H groups in total. The van der Waals surface area contributed by atoms with E-state index in [4.69, 9.17) is 4.74 Å². The standard InChI is InChI=1S/C9H8Br2O/c1-6(12-2)7-3-4-8(10)9(11)5-7/h3-5H,1H2,2H3. The van der Waals surface area contributed by atoms with Gasteiger partial charge in [0.1, 0.15) is 5.76 Å². The summed E-state index contributed by atoms with van der Waals surface area (Å²) in [5, 5.41) is 0. The SMILES string of the molecule is C=C(OC)c1ccc(Br)c(Br)c1. The monoisotopic (exact) mass is 290 g/mol. The summed E-state index contributed by atoms with van der Waals surface area (Å²) in [5.41, 5.74) is 0.979. The highest BCUT2D eigenvalue weighted by Gasteiger charge is 2.01. The minimum absolute atomic E-state index is 0.670. The van der Waals surface area contributed by atoms with Gasteiger partial charge in [0.2, 0.25) is 0 Å². The molecule has 0 bridgehead atoms. The fourth-order valence-electron chi connectivity index (χ4n) is 0.787. The van der Waals surface area contributed by atoms with Crippen molar-refractivity contribution in [2.24, 2.45) is 0 Å². The Balaban J connectivity index is 3.05. The van der Waals surface area contributed by atoms with Crippen LogP contribution >= 0.6 is 31.9 Å². The molecule has 0 aromatic heterocycles. The first kappa shape index (κ1) is 9.81. The van der Waals surface area contributed by atoms with E-state index >= 15 is 0 Å². The Morgan fingerprint density at radius 1 is 1.33 bits per heavy atom. The smallest absolute Gasteiger partial charge is 0.118 e. The molecule has 0 radical (unpaired) electrons. The van der Waals surface area contributed by atoms with E-state index in [0.717, 1.165) is 14.5 Å². The van der Waals surface area contributed by atoms with Crippen LogP contribution < -0.4 is 0 Å². The van der Waals surface area contributed by atoms with Crippen LogP contribution in [-0.2, 0) is 4.74 Å². The second-order valence-corrected chi connectivity index (χ2v) is 3.96. The Bertz CT molecular complexity index is 307. The summed E-state index contributed by atoms with van der Waals surface area (Å²) in [5.74, 6) is 0.670. The van der Waals surface area contributed by atoms with Crippen molar-refractivity contribution in [1.29, 1.82) is 0 Å². The number of methoxy groups -OCH3 is 1. The van der Waals surface area contributed by atoms with Crippen molar-refractivity contribution >= 4 is 37.6 Å². The molecule has 0 unspecified atom stereocenters. The van der Waals surface area contributed by atoms with Crippen LogP contribution in [0.4, 0.5) is 0 Å². The third kappa shape index (κ3) is 2.11. The molecule has 12 heavy (non-hydrogen) atoms. The fourth-order valence-corrected chi connectivity index (χ4v) is 1.41. The molecule has 0 spiro atoms. The number of ether oxygens (including phenoxy) is 1. The molecular weight excluding hydrogens is 284 g/mol. The maximum Gasteiger partial charge on any atom is 0.118 e. The molecule has 64 valence electrons. The molecule has 0 amide bonds. The van der Waals surface area contributed by atoms with Crippen LogP contribution in [0.15, 0.2) is 33.7 Å². The van der Waals surface area contributed by atoms with E-state index in [1.807, 2.05) is 18.2 Å². The van der Waals surface area contributed by atoms with Gasteiger partial charge in [0.05, 0.1) is 7.11 Å². The average Bonchev–Trinajstić information content (AvgIpc) is 2.08. The molecule has 0 heterocycles. The number of benzene rings is 1. The lowest BCUT2D eigenvalue weighted by atomic mass is 10.2. The van der Waals surface area contributed by atoms with Gasteiger partial charge in [-0.05, 0) is 44.0 Å². The van der Waals surface area contributed by atoms with Gasteiger partial charge in [-0.3, -0.25) is 0 Å². The van der Waals surface area contributed by atoms with E-state index in [9.17, 15) is 0 Å². The first-order valence-electron chi connectivity index (χ1n) is 3.33. The van der Waals surface area contributed by atoms with Gasteiger partial charge < -0.3 is 4.74 Å². The second kappa shape index (κ2) is 4.10. The van der Waals surface area contributed by atoms with Crippen molar-refractivity contribution in [1.82, 2.24) is 0 Å². The van der Waals surface area contributed by atoms with Gasteiger partial charge in [-0.2, -0.15) is 0 Å². The minimum Gasteiger partial charge on any atom is -0.497 e. The van der Waals surface area contributed by atoms with Crippen LogP contribution in [0, 0.1) is 0 Å². The number of halogens is 2. The van der Waals surface area contributed by atoms with E-state index < -0.39 is 0 Å². The molecule has 1 aromatic carbocycles. The van der Waals surface area contributed by atoms with Gasteiger partial charge in [-0.15, -0.1) is 0 Å². The van der Waals surface area contributed by atoms with Gasteiger partial charge in [-0.1, -0.05) is 12.6 Å². The summed E-state index contributed by atoms with van der Waals surface area (Å²) in [6, 6.07) is 5.85. The maximum atomic E-state index is 5.00. The van der Waals surface area contributed by atoms with Crippen molar-refractivity contribution in [3.63, 3.8) is 0 Å². The predicted octanol–water partition coefficient (Wildman–Crippen LogP) is 3.83. The lowest BCUT2D eigenvalue weighted by molar-refractivity contribution is 0.371. The zero-order chi connectivity index (χ0) is 9.14.